The highest BCUT2D eigenvalue weighted by atomic mass is 28.4. The Morgan fingerprint density at radius 2 is 1.11 bits per heavy atom. The van der Waals surface area contributed by atoms with Gasteiger partial charge in [0.2, 0.25) is 22.5 Å². The maximum atomic E-state index is 14.9. The number of anilines is 1. The Kier molecular flexibility index (Phi) is 7.12. The van der Waals surface area contributed by atoms with E-state index in [0.29, 0.717) is 0 Å². The molecule has 0 atom stereocenters. The molecule has 1 heterocycles. The van der Waals surface area contributed by atoms with Crippen LogP contribution in [0.4, 0.5) is 5.69 Å². The third-order valence-corrected chi connectivity index (χ3v) is 10.2. The number of carbonyl (C=O) groups is 1. The molecule has 3 aromatic carbocycles. The average molecular weight is 562 g/mol. The van der Waals surface area contributed by atoms with Gasteiger partial charge in [0.1, 0.15) is 16.9 Å². The Morgan fingerprint density at radius 3 is 1.50 bits per heavy atom. The maximum absolute atomic E-state index is 14.9. The zero-order chi connectivity index (χ0) is 28.3. The van der Waals surface area contributed by atoms with Crippen LogP contribution in [0.1, 0.15) is 27.8 Å². The van der Waals surface area contributed by atoms with Gasteiger partial charge in [-0.3, -0.25) is 4.79 Å². The second-order valence-electron chi connectivity index (χ2n) is 13.5. The topological polar surface area (TPSA) is 38.8 Å². The van der Waals surface area contributed by atoms with E-state index in [1.54, 1.807) is 0 Å². The zero-order valence-corrected chi connectivity index (χ0v) is 27.9. The number of carbonyl (C=O) groups excluding carboxylic acids is 1. The predicted octanol–water partition coefficient (Wildman–Crippen LogP) is 8.25. The average Bonchev–Trinajstić information content (AvgIpc) is 3.04. The number of rotatable bonds is 7. The predicted molar refractivity (Wildman–Crippen MR) is 167 cm³/mol. The van der Waals surface area contributed by atoms with Gasteiger partial charge in [-0.25, -0.2) is 0 Å². The van der Waals surface area contributed by atoms with Crippen LogP contribution >= 0.6 is 0 Å². The standard InChI is InChI=1S/C31H43NO3Si3/c1-22-20-24(16-18-28(22)34-37(6,7)8)31(25-17-19-29(23(2)21-25)35-38(9,10)11)26-14-12-13-15-27(26)32(30(31)33)36(3,4)5/h12-21H,1-11H3. The SMILES string of the molecule is Cc1cc(C2(c3ccc(O[Si](C)(C)C)c(C)c3)C(=O)N([Si](C)(C)C)c3ccccc32)ccc1O[Si](C)(C)C. The Labute approximate surface area is 232 Å². The Balaban J connectivity index is 2.02. The molecule has 202 valence electrons. The second-order valence-corrected chi connectivity index (χ2v) is 27.1. The highest BCUT2D eigenvalue weighted by Crippen LogP contribution is 2.52. The van der Waals surface area contributed by atoms with Gasteiger partial charge in [0.05, 0.1) is 0 Å². The van der Waals surface area contributed by atoms with Gasteiger partial charge < -0.3 is 13.4 Å². The summed E-state index contributed by atoms with van der Waals surface area (Å²) in [6.45, 7) is 24.0. The molecule has 1 amide bonds. The van der Waals surface area contributed by atoms with Crippen molar-refractivity contribution in [2.24, 2.45) is 0 Å². The highest BCUT2D eigenvalue weighted by Gasteiger charge is 2.56. The molecule has 1 aliphatic rings. The van der Waals surface area contributed by atoms with Crippen LogP contribution in [0, 0.1) is 13.8 Å². The fourth-order valence-electron chi connectivity index (χ4n) is 5.42. The molecule has 0 spiro atoms. The van der Waals surface area contributed by atoms with Gasteiger partial charge in [0, 0.05) is 5.69 Å². The van der Waals surface area contributed by atoms with Gasteiger partial charge in [-0.1, -0.05) is 62.1 Å². The molecule has 0 radical (unpaired) electrons. The number of benzene rings is 3. The number of para-hydroxylation sites is 1. The van der Waals surface area contributed by atoms with Crippen molar-refractivity contribution in [3.8, 4) is 11.5 Å². The molecule has 0 bridgehead atoms. The minimum absolute atomic E-state index is 0.134. The Hall–Kier alpha value is -2.62. The number of hydrogen-bond donors (Lipinski definition) is 0. The minimum Gasteiger partial charge on any atom is -0.544 e. The number of hydrogen-bond acceptors (Lipinski definition) is 3. The molecular weight excluding hydrogens is 519 g/mol. The molecule has 0 saturated heterocycles. The van der Waals surface area contributed by atoms with Crippen LogP contribution in [0.15, 0.2) is 60.7 Å². The third-order valence-electron chi connectivity index (χ3n) is 6.79. The van der Waals surface area contributed by atoms with E-state index < -0.39 is 30.3 Å². The molecule has 3 aromatic rings. The van der Waals surface area contributed by atoms with E-state index in [9.17, 15) is 4.79 Å². The number of fused-ring (bicyclic) bond motifs is 1. The van der Waals surface area contributed by atoms with Crippen molar-refractivity contribution in [1.29, 1.82) is 0 Å². The van der Waals surface area contributed by atoms with E-state index in [2.05, 4.69) is 132 Å². The molecule has 4 rings (SSSR count). The molecule has 0 N–H and O–H groups in total. The van der Waals surface area contributed by atoms with Crippen molar-refractivity contribution >= 4 is 36.5 Å². The van der Waals surface area contributed by atoms with Gasteiger partial charge in [-0.2, -0.15) is 0 Å². The molecule has 0 saturated carbocycles. The summed E-state index contributed by atoms with van der Waals surface area (Å²) >= 11 is 0. The zero-order valence-electron chi connectivity index (χ0n) is 24.9. The Morgan fingerprint density at radius 1 is 0.658 bits per heavy atom. The van der Waals surface area contributed by atoms with E-state index in [1.807, 2.05) is 6.07 Å². The third kappa shape index (κ3) is 5.16. The number of amides is 1. The van der Waals surface area contributed by atoms with Crippen LogP contribution in [0.2, 0.25) is 58.9 Å². The van der Waals surface area contributed by atoms with Crippen molar-refractivity contribution in [1.82, 2.24) is 0 Å². The van der Waals surface area contributed by atoms with Crippen LogP contribution in [0.5, 0.6) is 11.5 Å². The summed E-state index contributed by atoms with van der Waals surface area (Å²) in [5.41, 5.74) is 5.19. The van der Waals surface area contributed by atoms with Crippen molar-refractivity contribution in [3.05, 3.63) is 88.5 Å². The van der Waals surface area contributed by atoms with Crippen molar-refractivity contribution in [3.63, 3.8) is 0 Å². The van der Waals surface area contributed by atoms with E-state index >= 15 is 0 Å². The molecular formula is C31H43NO3Si3. The number of nitrogens with zero attached hydrogens (tertiary/aromatic N) is 1. The minimum atomic E-state index is -2.06. The van der Waals surface area contributed by atoms with Crippen molar-refractivity contribution < 1.29 is 13.6 Å². The lowest BCUT2D eigenvalue weighted by atomic mass is 9.69. The van der Waals surface area contributed by atoms with Crippen LogP contribution in [-0.4, -0.2) is 30.8 Å². The van der Waals surface area contributed by atoms with Gasteiger partial charge in [0.15, 0.2) is 8.24 Å². The van der Waals surface area contributed by atoms with Crippen molar-refractivity contribution in [2.45, 2.75) is 78.2 Å². The first-order valence-corrected chi connectivity index (χ1v) is 23.8. The second kappa shape index (κ2) is 9.54. The van der Waals surface area contributed by atoms with Gasteiger partial charge in [-0.15, -0.1) is 0 Å². The molecule has 0 aromatic heterocycles. The summed E-state index contributed by atoms with van der Waals surface area (Å²) in [6, 6.07) is 21.0. The van der Waals surface area contributed by atoms with Gasteiger partial charge in [0.25, 0.3) is 0 Å². The molecule has 0 unspecified atom stereocenters. The van der Waals surface area contributed by atoms with E-state index in [1.165, 1.54) is 0 Å². The first-order valence-electron chi connectivity index (χ1n) is 13.5. The molecule has 7 heteroatoms. The molecule has 38 heavy (non-hydrogen) atoms. The molecule has 4 nitrogen and oxygen atoms in total. The number of aryl methyl sites for hydroxylation is 2. The largest absolute Gasteiger partial charge is 0.544 e. The van der Waals surface area contributed by atoms with Crippen LogP contribution in [-0.2, 0) is 10.2 Å². The first-order chi connectivity index (χ1) is 17.4. The lowest BCUT2D eigenvalue weighted by molar-refractivity contribution is -0.119. The van der Waals surface area contributed by atoms with E-state index in [0.717, 1.165) is 45.0 Å². The van der Waals surface area contributed by atoms with Crippen molar-refractivity contribution in [2.75, 3.05) is 4.57 Å². The van der Waals surface area contributed by atoms with Gasteiger partial charge >= 0.3 is 0 Å². The monoisotopic (exact) mass is 561 g/mol. The van der Waals surface area contributed by atoms with Crippen LogP contribution in [0.25, 0.3) is 0 Å². The normalized spacial score (nSPS) is 15.4. The smallest absolute Gasteiger partial charge is 0.242 e. The summed E-state index contributed by atoms with van der Waals surface area (Å²) in [4.78, 5) is 14.9. The van der Waals surface area contributed by atoms with Crippen LogP contribution < -0.4 is 13.4 Å². The molecule has 0 aliphatic carbocycles. The fraction of sp³-hybridized carbons (Fsp3) is 0.387. The highest BCUT2D eigenvalue weighted by molar-refractivity contribution is 6.83. The Bertz CT molecular complexity index is 1310. The van der Waals surface area contributed by atoms with E-state index in [-0.39, 0.29) is 5.91 Å². The molecule has 1 aliphatic heterocycles. The summed E-state index contributed by atoms with van der Waals surface area (Å²) in [6.07, 6.45) is 0. The summed E-state index contributed by atoms with van der Waals surface area (Å²) < 4.78 is 14.9. The quantitative estimate of drug-likeness (QED) is 0.273. The lowest BCUT2D eigenvalue weighted by Gasteiger charge is -2.35. The summed E-state index contributed by atoms with van der Waals surface area (Å²) in [5.74, 6) is 1.94. The van der Waals surface area contributed by atoms with Crippen LogP contribution in [0.3, 0.4) is 0 Å². The summed E-state index contributed by atoms with van der Waals surface area (Å²) in [7, 11) is -5.62. The summed E-state index contributed by atoms with van der Waals surface area (Å²) in [5, 5.41) is 0. The molecule has 0 fully saturated rings. The van der Waals surface area contributed by atoms with E-state index in [4.69, 9.17) is 8.85 Å². The lowest BCUT2D eigenvalue weighted by Crippen LogP contribution is -2.53. The fourth-order valence-corrected chi connectivity index (χ4v) is 8.89. The first kappa shape index (κ1) is 28.4. The van der Waals surface area contributed by atoms with Gasteiger partial charge in [-0.05, 0) is 99.1 Å². The maximum Gasteiger partial charge on any atom is 0.242 e.